The first-order valence-corrected chi connectivity index (χ1v) is 35.9. The molecule has 0 bridgehead atoms. The van der Waals surface area contributed by atoms with Crippen molar-refractivity contribution in [2.75, 3.05) is 13.2 Å². The lowest BCUT2D eigenvalue weighted by molar-refractivity contribution is -0.167. The lowest BCUT2D eigenvalue weighted by atomic mass is 10.0. The second kappa shape index (κ2) is 70.3. The van der Waals surface area contributed by atoms with Gasteiger partial charge in [0, 0.05) is 19.3 Å². The fourth-order valence-corrected chi connectivity index (χ4v) is 10.5. The first-order valence-electron chi connectivity index (χ1n) is 35.9. The molecule has 0 radical (unpaired) electrons. The summed E-state index contributed by atoms with van der Waals surface area (Å²) in [5, 5.41) is 0. The fraction of sp³-hybridized carbons (Fsp3) is 0.803. The average molecular weight is 1150 g/mol. The Morgan fingerprint density at radius 1 is 0.244 bits per heavy atom. The Hall–Kier alpha value is -3.15. The molecular formula is C76H136O6. The Labute approximate surface area is 510 Å². The minimum absolute atomic E-state index is 0.0763. The molecule has 0 spiro atoms. The van der Waals surface area contributed by atoms with Crippen molar-refractivity contribution in [3.05, 3.63) is 72.9 Å². The Morgan fingerprint density at radius 2 is 0.439 bits per heavy atom. The van der Waals surface area contributed by atoms with E-state index in [0.29, 0.717) is 19.3 Å². The number of rotatable bonds is 66. The number of hydrogen-bond acceptors (Lipinski definition) is 6. The summed E-state index contributed by atoms with van der Waals surface area (Å²) in [7, 11) is 0. The molecule has 0 amide bonds. The van der Waals surface area contributed by atoms with Crippen molar-refractivity contribution in [3.63, 3.8) is 0 Å². The van der Waals surface area contributed by atoms with Crippen LogP contribution in [-0.4, -0.2) is 37.2 Å². The quantitative estimate of drug-likeness (QED) is 0.0261. The van der Waals surface area contributed by atoms with E-state index >= 15 is 0 Å². The second-order valence-corrected chi connectivity index (χ2v) is 24.1. The highest BCUT2D eigenvalue weighted by Crippen LogP contribution is 2.17. The fourth-order valence-electron chi connectivity index (χ4n) is 10.5. The Kier molecular flexibility index (Phi) is 67.6. The van der Waals surface area contributed by atoms with Gasteiger partial charge in [-0.3, -0.25) is 14.4 Å². The largest absolute Gasteiger partial charge is 0.462 e. The highest BCUT2D eigenvalue weighted by atomic mass is 16.6. The van der Waals surface area contributed by atoms with Crippen LogP contribution in [0.1, 0.15) is 374 Å². The van der Waals surface area contributed by atoms with Gasteiger partial charge in [0.15, 0.2) is 6.10 Å². The highest BCUT2D eigenvalue weighted by molar-refractivity contribution is 5.71. The van der Waals surface area contributed by atoms with Crippen LogP contribution in [0.4, 0.5) is 0 Å². The van der Waals surface area contributed by atoms with Gasteiger partial charge >= 0.3 is 17.9 Å². The van der Waals surface area contributed by atoms with Crippen LogP contribution >= 0.6 is 0 Å². The van der Waals surface area contributed by atoms with E-state index < -0.39 is 6.10 Å². The third kappa shape index (κ3) is 67.6. The molecule has 0 aliphatic carbocycles. The molecular weight excluding hydrogens is 1010 g/mol. The maximum Gasteiger partial charge on any atom is 0.306 e. The number of esters is 3. The zero-order chi connectivity index (χ0) is 59.2. The number of ether oxygens (including phenoxy) is 3. The molecule has 0 N–H and O–H groups in total. The molecule has 476 valence electrons. The van der Waals surface area contributed by atoms with Gasteiger partial charge in [-0.25, -0.2) is 0 Å². The van der Waals surface area contributed by atoms with Crippen molar-refractivity contribution < 1.29 is 28.6 Å². The molecule has 1 unspecified atom stereocenters. The van der Waals surface area contributed by atoms with Gasteiger partial charge in [0.05, 0.1) is 0 Å². The van der Waals surface area contributed by atoms with E-state index in [1.165, 1.54) is 250 Å². The lowest BCUT2D eigenvalue weighted by Crippen LogP contribution is -2.30. The summed E-state index contributed by atoms with van der Waals surface area (Å²) in [5.41, 5.74) is 0. The molecule has 6 heteroatoms. The topological polar surface area (TPSA) is 78.9 Å². The van der Waals surface area contributed by atoms with Gasteiger partial charge in [-0.05, 0) is 116 Å². The van der Waals surface area contributed by atoms with E-state index in [4.69, 9.17) is 14.2 Å². The monoisotopic (exact) mass is 1150 g/mol. The number of carbonyl (C=O) groups excluding carboxylic acids is 3. The summed E-state index contributed by atoms with van der Waals surface area (Å²) in [4.78, 5) is 38.4. The molecule has 0 rings (SSSR count). The van der Waals surface area contributed by atoms with Crippen LogP contribution in [0.2, 0.25) is 0 Å². The van der Waals surface area contributed by atoms with Gasteiger partial charge in [-0.1, -0.05) is 312 Å². The van der Waals surface area contributed by atoms with Crippen LogP contribution in [0.25, 0.3) is 0 Å². The molecule has 1 atom stereocenters. The maximum absolute atomic E-state index is 12.9. The number of hydrogen-bond donors (Lipinski definition) is 0. The Balaban J connectivity index is 4.22. The van der Waals surface area contributed by atoms with Gasteiger partial charge in [0.25, 0.3) is 0 Å². The smallest absolute Gasteiger partial charge is 0.306 e. The van der Waals surface area contributed by atoms with Crippen LogP contribution in [0.5, 0.6) is 0 Å². The van der Waals surface area contributed by atoms with Crippen molar-refractivity contribution >= 4 is 17.9 Å². The van der Waals surface area contributed by atoms with Gasteiger partial charge in [0.2, 0.25) is 0 Å². The van der Waals surface area contributed by atoms with E-state index in [1.54, 1.807) is 0 Å². The summed E-state index contributed by atoms with van der Waals surface area (Å²) < 4.78 is 17.0. The highest BCUT2D eigenvalue weighted by Gasteiger charge is 2.19. The predicted octanol–water partition coefficient (Wildman–Crippen LogP) is 24.8. The van der Waals surface area contributed by atoms with E-state index in [-0.39, 0.29) is 31.1 Å². The molecule has 0 saturated carbocycles. The molecule has 6 nitrogen and oxygen atoms in total. The van der Waals surface area contributed by atoms with E-state index in [9.17, 15) is 14.4 Å². The van der Waals surface area contributed by atoms with Crippen molar-refractivity contribution in [1.82, 2.24) is 0 Å². The van der Waals surface area contributed by atoms with Crippen LogP contribution in [0.3, 0.4) is 0 Å². The summed E-state index contributed by atoms with van der Waals surface area (Å²) >= 11 is 0. The van der Waals surface area contributed by atoms with Crippen LogP contribution in [0, 0.1) is 0 Å². The normalized spacial score (nSPS) is 12.5. The van der Waals surface area contributed by atoms with Crippen molar-refractivity contribution in [1.29, 1.82) is 0 Å². The maximum atomic E-state index is 12.9. The summed E-state index contributed by atoms with van der Waals surface area (Å²) in [5.74, 6) is -0.869. The van der Waals surface area contributed by atoms with Crippen molar-refractivity contribution in [2.24, 2.45) is 0 Å². The van der Waals surface area contributed by atoms with Crippen LogP contribution < -0.4 is 0 Å². The molecule has 0 heterocycles. The molecule has 0 aromatic heterocycles. The van der Waals surface area contributed by atoms with Gasteiger partial charge in [-0.15, -0.1) is 0 Å². The first kappa shape index (κ1) is 78.8. The SMILES string of the molecule is CCCCC/C=C\CCCCCCCC(=O)OCC(COC(=O)CCCCCCCCCCCCCCCC/C=C\C/C=C\C/C=C\CCCCCCC)OC(=O)CCCCCCCCCCCCC/C=C\C/C=C\CCCCCCC. The van der Waals surface area contributed by atoms with Crippen LogP contribution in [0.15, 0.2) is 72.9 Å². The first-order chi connectivity index (χ1) is 40.5. The Morgan fingerprint density at radius 3 is 0.720 bits per heavy atom. The third-order valence-corrected chi connectivity index (χ3v) is 15.9. The van der Waals surface area contributed by atoms with Gasteiger partial charge in [0.1, 0.15) is 13.2 Å². The van der Waals surface area contributed by atoms with E-state index in [1.807, 2.05) is 0 Å². The summed E-state index contributed by atoms with van der Waals surface area (Å²) in [6, 6.07) is 0. The number of unbranched alkanes of at least 4 members (excludes halogenated alkanes) is 43. The molecule has 0 aromatic rings. The second-order valence-electron chi connectivity index (χ2n) is 24.1. The van der Waals surface area contributed by atoms with Crippen LogP contribution in [-0.2, 0) is 28.6 Å². The minimum Gasteiger partial charge on any atom is -0.462 e. The molecule has 82 heavy (non-hydrogen) atoms. The summed E-state index contributed by atoms with van der Waals surface area (Å²) in [6.45, 7) is 6.63. The predicted molar refractivity (Wildman–Crippen MR) is 358 cm³/mol. The molecule has 0 aliphatic heterocycles. The van der Waals surface area contributed by atoms with Crippen molar-refractivity contribution in [2.45, 2.75) is 380 Å². The number of allylic oxidation sites excluding steroid dienone is 12. The lowest BCUT2D eigenvalue weighted by Gasteiger charge is -2.18. The molecule has 0 aliphatic rings. The van der Waals surface area contributed by atoms with E-state index in [0.717, 1.165) is 83.5 Å². The summed E-state index contributed by atoms with van der Waals surface area (Å²) in [6.07, 6.45) is 92.2. The van der Waals surface area contributed by atoms with Crippen molar-refractivity contribution in [3.8, 4) is 0 Å². The standard InChI is InChI=1S/C76H136O6/c1-4-7-10-13-16-19-22-25-27-29-31-33-35-36-37-38-39-40-42-43-45-47-49-51-54-57-60-63-66-69-75(78)81-72-73(71-80-74(77)68-65-62-59-56-53-24-21-18-15-12-9-6-3)82-76(79)70-67-64-61-58-55-52-50-48-46-44-41-34-32-30-28-26-23-20-17-14-11-8-5-2/h18,21-23,25-26,29-32,35-36,73H,4-17,19-20,24,27-28,33-34,37-72H2,1-3H3/b21-18-,25-22-,26-23-,31-29-,32-30-,36-35-. The average Bonchev–Trinajstić information content (AvgIpc) is 3.47. The van der Waals surface area contributed by atoms with Gasteiger partial charge in [-0.2, -0.15) is 0 Å². The minimum atomic E-state index is -0.781. The zero-order valence-electron chi connectivity index (χ0n) is 54.8. The molecule has 0 saturated heterocycles. The Bertz CT molecular complexity index is 1500. The molecule has 0 fully saturated rings. The van der Waals surface area contributed by atoms with Gasteiger partial charge < -0.3 is 14.2 Å². The van der Waals surface area contributed by atoms with E-state index in [2.05, 4.69) is 93.7 Å². The zero-order valence-corrected chi connectivity index (χ0v) is 54.8. The molecule has 0 aromatic carbocycles. The number of carbonyl (C=O) groups is 3. The third-order valence-electron chi connectivity index (χ3n) is 15.9.